The number of carbonyl (C=O) groups is 1. The molecule has 0 aliphatic rings. The molecule has 21 heavy (non-hydrogen) atoms. The molecule has 0 spiro atoms. The normalized spacial score (nSPS) is 10.6. The molecule has 3 rings (SSSR count). The van der Waals surface area contributed by atoms with Gasteiger partial charge in [0.25, 0.3) is 0 Å². The Kier molecular flexibility index (Phi) is 3.88. The van der Waals surface area contributed by atoms with Crippen molar-refractivity contribution in [3.63, 3.8) is 0 Å². The Morgan fingerprint density at radius 1 is 1.10 bits per heavy atom. The summed E-state index contributed by atoms with van der Waals surface area (Å²) in [6.45, 7) is 1.41. The van der Waals surface area contributed by atoms with Gasteiger partial charge in [0.1, 0.15) is 5.75 Å². The fourth-order valence-electron chi connectivity index (χ4n) is 2.31. The number of hydrogen-bond donors (Lipinski definition) is 0. The van der Waals surface area contributed by atoms with Crippen LogP contribution >= 0.6 is 22.6 Å². The van der Waals surface area contributed by atoms with Gasteiger partial charge in [-0.05, 0) is 34.7 Å². The van der Waals surface area contributed by atoms with Gasteiger partial charge in [-0.3, -0.25) is 9.78 Å². The minimum absolute atomic E-state index is 0.323. The minimum Gasteiger partial charge on any atom is -0.426 e. The van der Waals surface area contributed by atoms with E-state index in [2.05, 4.69) is 27.6 Å². The highest BCUT2D eigenvalue weighted by atomic mass is 127. The Bertz CT molecular complexity index is 830. The Balaban J connectivity index is 2.30. The van der Waals surface area contributed by atoms with E-state index >= 15 is 0 Å². The lowest BCUT2D eigenvalue weighted by atomic mass is 10.0. The molecule has 0 aliphatic carbocycles. The summed E-state index contributed by atoms with van der Waals surface area (Å²) in [5.74, 6) is 0.245. The third-order valence-electron chi connectivity index (χ3n) is 3.14. The maximum absolute atomic E-state index is 11.3. The molecule has 0 aliphatic heterocycles. The van der Waals surface area contributed by atoms with Crippen LogP contribution in [0.2, 0.25) is 0 Å². The number of para-hydroxylation sites is 2. The molecule has 1 aromatic heterocycles. The first-order valence-corrected chi connectivity index (χ1v) is 7.56. The molecule has 1 heterocycles. The molecule has 3 nitrogen and oxygen atoms in total. The fraction of sp³-hybridized carbons (Fsp3) is 0.0588. The lowest BCUT2D eigenvalue weighted by Gasteiger charge is -2.13. The van der Waals surface area contributed by atoms with Gasteiger partial charge in [-0.2, -0.15) is 0 Å². The molecular weight excluding hydrogens is 377 g/mol. The number of pyridine rings is 1. The Morgan fingerprint density at radius 2 is 1.81 bits per heavy atom. The van der Waals surface area contributed by atoms with Crippen LogP contribution < -0.4 is 4.74 Å². The van der Waals surface area contributed by atoms with E-state index in [4.69, 9.17) is 4.74 Å². The van der Waals surface area contributed by atoms with E-state index in [1.165, 1.54) is 6.92 Å². The van der Waals surface area contributed by atoms with E-state index in [0.717, 1.165) is 25.6 Å². The van der Waals surface area contributed by atoms with Gasteiger partial charge in [-0.1, -0.05) is 36.4 Å². The highest BCUT2D eigenvalue weighted by Gasteiger charge is 2.14. The average molecular weight is 389 g/mol. The Hall–Kier alpha value is -1.95. The number of carbonyl (C=O) groups excluding carboxylic acids is 1. The summed E-state index contributed by atoms with van der Waals surface area (Å²) in [6.07, 6.45) is 1.84. The first kappa shape index (κ1) is 14.0. The first-order chi connectivity index (χ1) is 10.2. The maximum atomic E-state index is 11.3. The minimum atomic E-state index is -0.323. The maximum Gasteiger partial charge on any atom is 0.308 e. The monoisotopic (exact) mass is 389 g/mol. The molecule has 0 unspecified atom stereocenters. The molecule has 0 saturated carbocycles. The molecule has 0 bridgehead atoms. The summed E-state index contributed by atoms with van der Waals surface area (Å²) in [5, 5.41) is 1.05. The summed E-state index contributed by atoms with van der Waals surface area (Å²) in [6, 6.07) is 15.5. The molecule has 104 valence electrons. The van der Waals surface area contributed by atoms with Gasteiger partial charge in [-0.15, -0.1) is 0 Å². The van der Waals surface area contributed by atoms with Crippen molar-refractivity contribution in [1.29, 1.82) is 0 Å². The third kappa shape index (κ3) is 2.76. The number of ether oxygens (including phenoxy) is 1. The van der Waals surface area contributed by atoms with Crippen LogP contribution in [0.15, 0.2) is 54.7 Å². The number of benzene rings is 2. The summed E-state index contributed by atoms with van der Waals surface area (Å²) < 4.78 is 6.36. The molecular formula is C17H12INO2. The molecule has 4 heteroatoms. The standard InChI is InChI=1S/C17H12INO2/c1-11(20)21-16-9-5-3-7-13(16)17-12-6-2-4-8-15(12)19-10-14(17)18/h2-10H,1H3. The van der Waals surface area contributed by atoms with Crippen LogP contribution in [0.3, 0.4) is 0 Å². The zero-order chi connectivity index (χ0) is 14.8. The van der Waals surface area contributed by atoms with E-state index in [1.54, 1.807) is 0 Å². The van der Waals surface area contributed by atoms with Crippen LogP contribution in [-0.2, 0) is 4.79 Å². The fourth-order valence-corrected chi connectivity index (χ4v) is 3.03. The highest BCUT2D eigenvalue weighted by Crippen LogP contribution is 2.37. The topological polar surface area (TPSA) is 39.2 Å². The number of nitrogens with zero attached hydrogens (tertiary/aromatic N) is 1. The van der Waals surface area contributed by atoms with Crippen LogP contribution in [0, 0.1) is 3.57 Å². The van der Waals surface area contributed by atoms with Gasteiger partial charge in [0, 0.05) is 33.2 Å². The summed E-state index contributed by atoms with van der Waals surface area (Å²) >= 11 is 2.26. The number of halogens is 1. The molecule has 0 fully saturated rings. The van der Waals surface area contributed by atoms with Gasteiger partial charge < -0.3 is 4.74 Å². The van der Waals surface area contributed by atoms with Crippen LogP contribution in [0.4, 0.5) is 0 Å². The number of esters is 1. The van der Waals surface area contributed by atoms with Crippen molar-refractivity contribution in [2.45, 2.75) is 6.92 Å². The van der Waals surface area contributed by atoms with E-state index in [-0.39, 0.29) is 5.97 Å². The molecule has 0 N–H and O–H groups in total. The molecule has 2 aromatic carbocycles. The lowest BCUT2D eigenvalue weighted by molar-refractivity contribution is -0.131. The quantitative estimate of drug-likeness (QED) is 0.370. The molecule has 0 radical (unpaired) electrons. The van der Waals surface area contributed by atoms with Crippen molar-refractivity contribution in [2.24, 2.45) is 0 Å². The average Bonchev–Trinajstić information content (AvgIpc) is 2.48. The smallest absolute Gasteiger partial charge is 0.308 e. The van der Waals surface area contributed by atoms with E-state index in [9.17, 15) is 4.79 Å². The van der Waals surface area contributed by atoms with Crippen molar-refractivity contribution < 1.29 is 9.53 Å². The van der Waals surface area contributed by atoms with E-state index in [1.807, 2.05) is 54.7 Å². The number of fused-ring (bicyclic) bond motifs is 1. The SMILES string of the molecule is CC(=O)Oc1ccccc1-c1c(I)cnc2ccccc12. The Labute approximate surface area is 136 Å². The highest BCUT2D eigenvalue weighted by molar-refractivity contribution is 14.1. The van der Waals surface area contributed by atoms with Gasteiger partial charge in [0.2, 0.25) is 0 Å². The predicted molar refractivity (Wildman–Crippen MR) is 91.2 cm³/mol. The second-order valence-corrected chi connectivity index (χ2v) is 5.75. The Morgan fingerprint density at radius 3 is 2.62 bits per heavy atom. The van der Waals surface area contributed by atoms with Crippen molar-refractivity contribution in [3.8, 4) is 16.9 Å². The number of aromatic nitrogens is 1. The predicted octanol–water partition coefficient (Wildman–Crippen LogP) is 4.43. The molecule has 0 amide bonds. The van der Waals surface area contributed by atoms with Crippen LogP contribution in [0.5, 0.6) is 5.75 Å². The van der Waals surface area contributed by atoms with Crippen LogP contribution in [0.1, 0.15) is 6.92 Å². The summed E-state index contributed by atoms with van der Waals surface area (Å²) in [5.41, 5.74) is 2.86. The number of rotatable bonds is 2. The number of hydrogen-bond acceptors (Lipinski definition) is 3. The van der Waals surface area contributed by atoms with Crippen molar-refractivity contribution >= 4 is 39.5 Å². The van der Waals surface area contributed by atoms with Crippen molar-refractivity contribution in [2.75, 3.05) is 0 Å². The summed E-state index contributed by atoms with van der Waals surface area (Å²) in [7, 11) is 0. The van der Waals surface area contributed by atoms with Crippen molar-refractivity contribution in [1.82, 2.24) is 4.98 Å². The second-order valence-electron chi connectivity index (χ2n) is 4.59. The molecule has 3 aromatic rings. The zero-order valence-corrected chi connectivity index (χ0v) is 13.5. The third-order valence-corrected chi connectivity index (χ3v) is 3.96. The van der Waals surface area contributed by atoms with Gasteiger partial charge in [-0.25, -0.2) is 0 Å². The molecule has 0 saturated heterocycles. The lowest BCUT2D eigenvalue weighted by Crippen LogP contribution is -2.03. The van der Waals surface area contributed by atoms with E-state index in [0.29, 0.717) is 5.75 Å². The van der Waals surface area contributed by atoms with E-state index < -0.39 is 0 Å². The van der Waals surface area contributed by atoms with Crippen molar-refractivity contribution in [3.05, 3.63) is 58.3 Å². The summed E-state index contributed by atoms with van der Waals surface area (Å²) in [4.78, 5) is 15.8. The molecule has 0 atom stereocenters. The van der Waals surface area contributed by atoms with Gasteiger partial charge >= 0.3 is 5.97 Å². The van der Waals surface area contributed by atoms with Crippen LogP contribution in [0.25, 0.3) is 22.0 Å². The first-order valence-electron chi connectivity index (χ1n) is 6.48. The van der Waals surface area contributed by atoms with Gasteiger partial charge in [0.15, 0.2) is 0 Å². The van der Waals surface area contributed by atoms with Gasteiger partial charge in [0.05, 0.1) is 5.52 Å². The second kappa shape index (κ2) is 5.81. The zero-order valence-electron chi connectivity index (χ0n) is 11.3. The van der Waals surface area contributed by atoms with Crippen LogP contribution in [-0.4, -0.2) is 11.0 Å². The largest absolute Gasteiger partial charge is 0.426 e.